The van der Waals surface area contributed by atoms with Crippen molar-refractivity contribution in [3.05, 3.63) is 70.3 Å². The lowest BCUT2D eigenvalue weighted by Gasteiger charge is -2.46. The van der Waals surface area contributed by atoms with Gasteiger partial charge in [-0.05, 0) is 79.6 Å². The number of ether oxygens (including phenoxy) is 1. The van der Waals surface area contributed by atoms with Gasteiger partial charge in [0.2, 0.25) is 0 Å². The van der Waals surface area contributed by atoms with Crippen molar-refractivity contribution >= 4 is 37.7 Å². The van der Waals surface area contributed by atoms with Crippen LogP contribution in [0.1, 0.15) is 64.0 Å². The van der Waals surface area contributed by atoms with Crippen LogP contribution in [0.2, 0.25) is 23.2 Å². The monoisotopic (exact) mass is 569 g/mol. The number of halogens is 1. The van der Waals surface area contributed by atoms with Gasteiger partial charge in [0.05, 0.1) is 7.11 Å². The Morgan fingerprint density at radius 1 is 1.10 bits per heavy atom. The molecule has 5 nitrogen and oxygen atoms in total. The number of benzene rings is 2. The molecule has 0 aromatic heterocycles. The van der Waals surface area contributed by atoms with Crippen LogP contribution in [0.25, 0.3) is 6.08 Å². The highest BCUT2D eigenvalue weighted by molar-refractivity contribution is 6.74. The van der Waals surface area contributed by atoms with Crippen molar-refractivity contribution < 1.29 is 19.1 Å². The largest absolute Gasteiger partial charge is 0.467 e. The Morgan fingerprint density at radius 2 is 1.79 bits per heavy atom. The van der Waals surface area contributed by atoms with E-state index in [9.17, 15) is 9.90 Å². The fourth-order valence-corrected chi connectivity index (χ4v) is 7.23. The number of rotatable bonds is 9. The standard InChI is InChI=1S/C32H44ClNO4Si/c1-30(2,3)39(5,6)38-22-23(21-35)18-25-19-24-10-7-8-13-28(24)31(25)14-16-32(17-15-31,29(36)37-4)34-27-12-9-11-26(33)20-27/h7-13,19-20,23,34-35H,14-18,21-22H2,1-6H3. The zero-order valence-corrected chi connectivity index (χ0v) is 26.0. The van der Waals surface area contributed by atoms with Crippen LogP contribution in [0.5, 0.6) is 0 Å². The number of methoxy groups -OCH3 is 1. The SMILES string of the molecule is COC(=O)C1(Nc2cccc(Cl)c2)CCC2(CC1)C(CC(CO)CO[Si](C)(C)C(C)(C)C)=Cc1ccccc12. The van der Waals surface area contributed by atoms with Gasteiger partial charge >= 0.3 is 5.97 Å². The topological polar surface area (TPSA) is 67.8 Å². The molecule has 0 radical (unpaired) electrons. The Balaban J connectivity index is 1.59. The van der Waals surface area contributed by atoms with E-state index in [2.05, 4.69) is 69.5 Å². The molecular weight excluding hydrogens is 526 g/mol. The Hall–Kier alpha value is -2.12. The molecule has 1 fully saturated rings. The number of nitrogens with one attached hydrogen (secondary N) is 1. The summed E-state index contributed by atoms with van der Waals surface area (Å²) in [7, 11) is -0.471. The van der Waals surface area contributed by atoms with Crippen LogP contribution in [-0.4, -0.2) is 45.3 Å². The summed E-state index contributed by atoms with van der Waals surface area (Å²) >= 11 is 6.24. The molecule has 0 heterocycles. The van der Waals surface area contributed by atoms with Gasteiger partial charge < -0.3 is 19.6 Å². The number of allylic oxidation sites excluding steroid dienone is 1. The van der Waals surface area contributed by atoms with Gasteiger partial charge in [-0.25, -0.2) is 4.79 Å². The van der Waals surface area contributed by atoms with Crippen molar-refractivity contribution in [3.63, 3.8) is 0 Å². The number of fused-ring (bicyclic) bond motifs is 2. The second-order valence-corrected chi connectivity index (χ2v) is 18.1. The Bertz CT molecular complexity index is 1210. The molecule has 0 bridgehead atoms. The van der Waals surface area contributed by atoms with Crippen molar-refractivity contribution in [2.45, 2.75) is 82.0 Å². The molecule has 1 saturated carbocycles. The molecule has 1 atom stereocenters. The Kier molecular flexibility index (Phi) is 8.72. The molecule has 0 saturated heterocycles. The third kappa shape index (κ3) is 5.99. The molecule has 2 aliphatic carbocycles. The quantitative estimate of drug-likeness (QED) is 0.240. The molecule has 212 valence electrons. The summed E-state index contributed by atoms with van der Waals surface area (Å²) in [5.41, 5.74) is 3.72. The lowest BCUT2D eigenvalue weighted by Crippen LogP contribution is -2.52. The lowest BCUT2D eigenvalue weighted by atomic mass is 9.61. The number of carbonyl (C=O) groups is 1. The van der Waals surface area contributed by atoms with Gasteiger partial charge in [0, 0.05) is 35.3 Å². The van der Waals surface area contributed by atoms with E-state index in [0.717, 1.165) is 24.9 Å². The van der Waals surface area contributed by atoms with Crippen LogP contribution in [0.4, 0.5) is 5.69 Å². The van der Waals surface area contributed by atoms with E-state index in [1.807, 2.05) is 24.3 Å². The zero-order chi connectivity index (χ0) is 28.5. The average Bonchev–Trinajstić information content (AvgIpc) is 3.19. The minimum Gasteiger partial charge on any atom is -0.467 e. The first-order valence-electron chi connectivity index (χ1n) is 14.0. The summed E-state index contributed by atoms with van der Waals surface area (Å²) in [4.78, 5) is 13.2. The predicted molar refractivity (Wildman–Crippen MR) is 163 cm³/mol. The number of carbonyl (C=O) groups excluding carboxylic acids is 1. The summed E-state index contributed by atoms with van der Waals surface area (Å²) in [6, 6.07) is 16.1. The average molecular weight is 570 g/mol. The van der Waals surface area contributed by atoms with Crippen LogP contribution in [0.3, 0.4) is 0 Å². The van der Waals surface area contributed by atoms with Gasteiger partial charge in [-0.2, -0.15) is 0 Å². The molecule has 1 spiro atoms. The Morgan fingerprint density at radius 3 is 2.41 bits per heavy atom. The normalized spacial score (nSPS) is 23.7. The van der Waals surface area contributed by atoms with Gasteiger partial charge in [0.25, 0.3) is 0 Å². The molecular formula is C32H44ClNO4Si. The van der Waals surface area contributed by atoms with Crippen LogP contribution < -0.4 is 5.32 Å². The molecule has 2 aromatic rings. The number of hydrogen-bond acceptors (Lipinski definition) is 5. The molecule has 7 heteroatoms. The lowest BCUT2D eigenvalue weighted by molar-refractivity contribution is -0.147. The van der Waals surface area contributed by atoms with Crippen molar-refractivity contribution in [1.29, 1.82) is 0 Å². The summed E-state index contributed by atoms with van der Waals surface area (Å²) in [5, 5.41) is 14.6. The predicted octanol–water partition coefficient (Wildman–Crippen LogP) is 7.59. The molecule has 2 aromatic carbocycles. The first-order valence-corrected chi connectivity index (χ1v) is 17.3. The molecule has 0 amide bonds. The fourth-order valence-electron chi connectivity index (χ4n) is 5.95. The maximum Gasteiger partial charge on any atom is 0.331 e. The van der Waals surface area contributed by atoms with Crippen molar-refractivity contribution in [1.82, 2.24) is 0 Å². The zero-order valence-electron chi connectivity index (χ0n) is 24.3. The number of esters is 1. The van der Waals surface area contributed by atoms with E-state index in [-0.39, 0.29) is 28.9 Å². The second-order valence-electron chi connectivity index (χ2n) is 12.9. The number of aliphatic hydroxyl groups excluding tert-OH is 1. The third-order valence-electron chi connectivity index (χ3n) is 9.42. The van der Waals surface area contributed by atoms with Gasteiger partial charge in [0.1, 0.15) is 5.54 Å². The van der Waals surface area contributed by atoms with E-state index < -0.39 is 13.9 Å². The van der Waals surface area contributed by atoms with E-state index in [1.54, 1.807) is 0 Å². The highest BCUT2D eigenvalue weighted by atomic mass is 35.5. The van der Waals surface area contributed by atoms with Crippen LogP contribution >= 0.6 is 11.6 Å². The molecule has 2 N–H and O–H groups in total. The minimum absolute atomic E-state index is 0.0217. The first kappa shape index (κ1) is 29.8. The van der Waals surface area contributed by atoms with Crippen molar-refractivity contribution in [2.75, 3.05) is 25.6 Å². The molecule has 0 aliphatic heterocycles. The summed E-state index contributed by atoms with van der Waals surface area (Å²) < 4.78 is 11.9. The highest BCUT2D eigenvalue weighted by Gasteiger charge is 2.52. The summed E-state index contributed by atoms with van der Waals surface area (Å²) in [6.45, 7) is 11.9. The molecule has 1 unspecified atom stereocenters. The molecule has 2 aliphatic rings. The van der Waals surface area contributed by atoms with Crippen LogP contribution in [0, 0.1) is 5.92 Å². The van der Waals surface area contributed by atoms with Gasteiger partial charge in [0.15, 0.2) is 8.32 Å². The van der Waals surface area contributed by atoms with Gasteiger partial charge in [-0.3, -0.25) is 0 Å². The second kappa shape index (κ2) is 11.4. The minimum atomic E-state index is -1.93. The van der Waals surface area contributed by atoms with Crippen molar-refractivity contribution in [2.24, 2.45) is 5.92 Å². The fraction of sp³-hybridized carbons (Fsp3) is 0.531. The molecule has 39 heavy (non-hydrogen) atoms. The van der Waals surface area contributed by atoms with Gasteiger partial charge in [-0.1, -0.05) is 74.4 Å². The number of anilines is 1. The summed E-state index contributed by atoms with van der Waals surface area (Å²) in [5.74, 6) is -0.224. The Labute approximate surface area is 240 Å². The smallest absolute Gasteiger partial charge is 0.331 e. The maximum absolute atomic E-state index is 13.2. The number of hydrogen-bond donors (Lipinski definition) is 2. The van der Waals surface area contributed by atoms with Crippen molar-refractivity contribution in [3.8, 4) is 0 Å². The number of aliphatic hydroxyl groups is 1. The molecule has 4 rings (SSSR count). The third-order valence-corrected chi connectivity index (χ3v) is 14.2. The van der Waals surface area contributed by atoms with E-state index in [4.69, 9.17) is 20.8 Å². The summed E-state index contributed by atoms with van der Waals surface area (Å²) in [6.07, 6.45) is 5.95. The van der Waals surface area contributed by atoms with E-state index in [0.29, 0.717) is 24.5 Å². The maximum atomic E-state index is 13.2. The van der Waals surface area contributed by atoms with Crippen LogP contribution in [-0.2, 0) is 19.4 Å². The van der Waals surface area contributed by atoms with Crippen LogP contribution in [0.15, 0.2) is 54.1 Å². The highest BCUT2D eigenvalue weighted by Crippen LogP contribution is 2.55. The first-order chi connectivity index (χ1) is 18.4. The van der Waals surface area contributed by atoms with E-state index in [1.165, 1.54) is 23.8 Å². The van der Waals surface area contributed by atoms with E-state index >= 15 is 0 Å². The van der Waals surface area contributed by atoms with Gasteiger partial charge in [-0.15, -0.1) is 0 Å².